The molecular formula is C10H8BrN3O4S2. The summed E-state index contributed by atoms with van der Waals surface area (Å²) in [5.74, 6) is 0. The Hall–Kier alpha value is -1.52. The van der Waals surface area contributed by atoms with Crippen LogP contribution in [0.4, 0.5) is 10.1 Å². The van der Waals surface area contributed by atoms with E-state index in [1.54, 1.807) is 19.1 Å². The number of rotatable bonds is 4. The molecule has 2 aromatic rings. The van der Waals surface area contributed by atoms with Crippen LogP contribution in [0.3, 0.4) is 0 Å². The summed E-state index contributed by atoms with van der Waals surface area (Å²) < 4.78 is 27.3. The van der Waals surface area contributed by atoms with E-state index in [0.717, 1.165) is 6.20 Å². The molecule has 0 saturated heterocycles. The number of benzene rings is 1. The monoisotopic (exact) mass is 377 g/mol. The predicted octanol–water partition coefficient (Wildman–Crippen LogP) is 2.92. The van der Waals surface area contributed by atoms with E-state index in [0.29, 0.717) is 21.4 Å². The predicted molar refractivity (Wildman–Crippen MR) is 78.5 cm³/mol. The lowest BCUT2D eigenvalue weighted by Crippen LogP contribution is -2.14. The number of nitro groups is 1. The molecule has 0 bridgehead atoms. The van der Waals surface area contributed by atoms with Gasteiger partial charge in [0, 0.05) is 4.47 Å². The van der Waals surface area contributed by atoms with E-state index in [4.69, 9.17) is 0 Å². The third-order valence-electron chi connectivity index (χ3n) is 2.33. The first kappa shape index (κ1) is 14.9. The maximum Gasteiger partial charge on any atom is 0.345 e. The molecule has 7 nitrogen and oxygen atoms in total. The molecule has 0 unspecified atom stereocenters. The SMILES string of the molecule is Cc1ccc(Br)cc1S(=O)(=O)Nc1ncc([N+](=O)[O-])s1. The molecule has 0 amide bonds. The first-order valence-electron chi connectivity index (χ1n) is 5.19. The molecule has 0 aliphatic heterocycles. The zero-order chi connectivity index (χ0) is 14.9. The lowest BCUT2D eigenvalue weighted by atomic mass is 10.2. The Morgan fingerprint density at radius 3 is 2.75 bits per heavy atom. The lowest BCUT2D eigenvalue weighted by molar-refractivity contribution is -0.380. The molecule has 1 aromatic carbocycles. The smallest absolute Gasteiger partial charge is 0.257 e. The topological polar surface area (TPSA) is 102 Å². The van der Waals surface area contributed by atoms with Crippen LogP contribution in [0.2, 0.25) is 0 Å². The van der Waals surface area contributed by atoms with Crippen molar-refractivity contribution in [2.75, 3.05) is 4.72 Å². The van der Waals surface area contributed by atoms with Crippen molar-refractivity contribution in [1.82, 2.24) is 4.98 Å². The van der Waals surface area contributed by atoms with Crippen molar-refractivity contribution in [1.29, 1.82) is 0 Å². The molecular weight excluding hydrogens is 370 g/mol. The summed E-state index contributed by atoms with van der Waals surface area (Å²) >= 11 is 3.86. The van der Waals surface area contributed by atoms with Gasteiger partial charge >= 0.3 is 5.00 Å². The van der Waals surface area contributed by atoms with E-state index in [1.165, 1.54) is 6.07 Å². The number of aromatic nitrogens is 1. The average Bonchev–Trinajstić information content (AvgIpc) is 2.80. The van der Waals surface area contributed by atoms with Crippen LogP contribution in [0.1, 0.15) is 5.56 Å². The van der Waals surface area contributed by atoms with Crippen molar-refractivity contribution in [3.63, 3.8) is 0 Å². The number of anilines is 1. The molecule has 10 heteroatoms. The quantitative estimate of drug-likeness (QED) is 0.651. The minimum Gasteiger partial charge on any atom is -0.257 e. The van der Waals surface area contributed by atoms with Crippen LogP contribution in [0, 0.1) is 17.0 Å². The van der Waals surface area contributed by atoms with Crippen molar-refractivity contribution in [3.8, 4) is 0 Å². The van der Waals surface area contributed by atoms with Crippen LogP contribution < -0.4 is 4.72 Å². The molecule has 20 heavy (non-hydrogen) atoms. The molecule has 0 saturated carbocycles. The van der Waals surface area contributed by atoms with Gasteiger partial charge in [-0.15, -0.1) is 0 Å². The van der Waals surface area contributed by atoms with Crippen molar-refractivity contribution < 1.29 is 13.3 Å². The van der Waals surface area contributed by atoms with Crippen LogP contribution in [-0.2, 0) is 10.0 Å². The highest BCUT2D eigenvalue weighted by Gasteiger charge is 2.20. The molecule has 0 aliphatic rings. The second kappa shape index (κ2) is 5.46. The Labute approximate surface area is 127 Å². The fourth-order valence-corrected chi connectivity index (χ4v) is 4.09. The summed E-state index contributed by atoms with van der Waals surface area (Å²) in [5.41, 5.74) is 0.562. The van der Waals surface area contributed by atoms with E-state index < -0.39 is 14.9 Å². The Kier molecular flexibility index (Phi) is 4.06. The first-order valence-corrected chi connectivity index (χ1v) is 8.28. The highest BCUT2D eigenvalue weighted by atomic mass is 79.9. The Bertz CT molecular complexity index is 773. The number of hydrogen-bond donors (Lipinski definition) is 1. The van der Waals surface area contributed by atoms with Gasteiger partial charge in [-0.3, -0.25) is 14.8 Å². The Morgan fingerprint density at radius 2 is 2.15 bits per heavy atom. The fourth-order valence-electron chi connectivity index (χ4n) is 1.43. The maximum absolute atomic E-state index is 12.2. The summed E-state index contributed by atoms with van der Waals surface area (Å²) in [6.45, 7) is 1.66. The van der Waals surface area contributed by atoms with E-state index in [-0.39, 0.29) is 15.0 Å². The third-order valence-corrected chi connectivity index (χ3v) is 5.30. The summed E-state index contributed by atoms with van der Waals surface area (Å²) in [4.78, 5) is 13.7. The van der Waals surface area contributed by atoms with Crippen molar-refractivity contribution in [2.45, 2.75) is 11.8 Å². The zero-order valence-electron chi connectivity index (χ0n) is 10.0. The lowest BCUT2D eigenvalue weighted by Gasteiger charge is -2.08. The van der Waals surface area contributed by atoms with Gasteiger partial charge in [-0.1, -0.05) is 22.0 Å². The van der Waals surface area contributed by atoms with Crippen LogP contribution in [0.15, 0.2) is 33.8 Å². The largest absolute Gasteiger partial charge is 0.345 e. The van der Waals surface area contributed by atoms with Crippen molar-refractivity contribution in [2.24, 2.45) is 0 Å². The van der Waals surface area contributed by atoms with E-state index in [1.807, 2.05) is 0 Å². The highest BCUT2D eigenvalue weighted by Crippen LogP contribution is 2.28. The van der Waals surface area contributed by atoms with Gasteiger partial charge in [-0.2, -0.15) is 0 Å². The maximum atomic E-state index is 12.2. The summed E-state index contributed by atoms with van der Waals surface area (Å²) in [6.07, 6.45) is 1.01. The molecule has 0 radical (unpaired) electrons. The summed E-state index contributed by atoms with van der Waals surface area (Å²) in [5, 5.41) is 10.3. The fraction of sp³-hybridized carbons (Fsp3) is 0.100. The molecule has 1 heterocycles. The number of hydrogen-bond acceptors (Lipinski definition) is 6. The van der Waals surface area contributed by atoms with E-state index in [2.05, 4.69) is 25.6 Å². The molecule has 2 rings (SSSR count). The number of nitrogens with zero attached hydrogens (tertiary/aromatic N) is 2. The zero-order valence-corrected chi connectivity index (χ0v) is 13.3. The molecule has 0 fully saturated rings. The Morgan fingerprint density at radius 1 is 1.45 bits per heavy atom. The van der Waals surface area contributed by atoms with Gasteiger partial charge in [0.05, 0.1) is 9.82 Å². The molecule has 1 N–H and O–H groups in total. The van der Waals surface area contributed by atoms with Gasteiger partial charge in [0.2, 0.25) is 5.13 Å². The van der Waals surface area contributed by atoms with E-state index in [9.17, 15) is 18.5 Å². The van der Waals surface area contributed by atoms with Gasteiger partial charge in [0.1, 0.15) is 6.20 Å². The minimum absolute atomic E-state index is 0.0453. The summed E-state index contributed by atoms with van der Waals surface area (Å²) in [7, 11) is -3.83. The van der Waals surface area contributed by atoms with Crippen molar-refractivity contribution >= 4 is 47.4 Å². The number of nitrogens with one attached hydrogen (secondary N) is 1. The Balaban J connectivity index is 2.35. The van der Waals surface area contributed by atoms with Gasteiger partial charge in [-0.05, 0) is 36.0 Å². The second-order valence-corrected chi connectivity index (χ2v) is 7.35. The van der Waals surface area contributed by atoms with E-state index >= 15 is 0 Å². The van der Waals surface area contributed by atoms with Gasteiger partial charge in [-0.25, -0.2) is 13.4 Å². The third kappa shape index (κ3) is 3.14. The van der Waals surface area contributed by atoms with Crippen LogP contribution in [0.5, 0.6) is 0 Å². The number of aryl methyl sites for hydroxylation is 1. The number of sulfonamides is 1. The average molecular weight is 378 g/mol. The van der Waals surface area contributed by atoms with Gasteiger partial charge < -0.3 is 0 Å². The minimum atomic E-state index is -3.83. The molecule has 106 valence electrons. The standard InChI is InChI=1S/C10H8BrN3O4S2/c1-6-2-3-7(11)4-8(6)20(17,18)13-10-12-5-9(19-10)14(15)16/h2-5H,1H3,(H,12,13). The van der Waals surface area contributed by atoms with Crippen LogP contribution >= 0.6 is 27.3 Å². The second-order valence-electron chi connectivity index (χ2n) is 3.78. The van der Waals surface area contributed by atoms with Gasteiger partial charge in [0.25, 0.3) is 10.0 Å². The molecule has 0 aliphatic carbocycles. The summed E-state index contributed by atoms with van der Waals surface area (Å²) in [6, 6.07) is 4.84. The van der Waals surface area contributed by atoms with Gasteiger partial charge in [0.15, 0.2) is 0 Å². The van der Waals surface area contributed by atoms with Crippen molar-refractivity contribution in [3.05, 3.63) is 44.5 Å². The first-order chi connectivity index (χ1) is 9.29. The number of halogens is 1. The highest BCUT2D eigenvalue weighted by molar-refractivity contribution is 9.10. The number of thiazole rings is 1. The molecule has 0 atom stereocenters. The molecule has 0 spiro atoms. The van der Waals surface area contributed by atoms with Crippen LogP contribution in [0.25, 0.3) is 0 Å². The normalized spacial score (nSPS) is 11.3. The van der Waals surface area contributed by atoms with Crippen LogP contribution in [-0.4, -0.2) is 18.3 Å². The molecule has 1 aromatic heterocycles.